The Morgan fingerprint density at radius 3 is 2.16 bits per heavy atom. The largest absolute Gasteiger partial charge is 0.352 e. The Labute approximate surface area is 273 Å². The molecule has 0 radical (unpaired) electrons. The molecule has 0 aliphatic rings. The van der Waals surface area contributed by atoms with Crippen LogP contribution in [0.5, 0.6) is 0 Å². The Morgan fingerprint density at radius 2 is 1.51 bits per heavy atom. The Balaban J connectivity index is 1.84. The summed E-state index contributed by atoms with van der Waals surface area (Å²) in [4.78, 5) is 29.4. The molecule has 7 nitrogen and oxygen atoms in total. The lowest BCUT2D eigenvalue weighted by molar-refractivity contribution is -0.140. The van der Waals surface area contributed by atoms with Gasteiger partial charge in [-0.3, -0.25) is 13.9 Å². The molecule has 0 fully saturated rings. The van der Waals surface area contributed by atoms with Crippen molar-refractivity contribution in [2.75, 3.05) is 10.8 Å². The van der Waals surface area contributed by atoms with Crippen molar-refractivity contribution in [2.45, 2.75) is 50.2 Å². The fraction of sp³-hybridized carbons (Fsp3) is 0.235. The number of benzene rings is 4. The average molecular weight is 671 g/mol. The van der Waals surface area contributed by atoms with Crippen molar-refractivity contribution in [3.8, 4) is 0 Å². The summed E-state index contributed by atoms with van der Waals surface area (Å²) in [6, 6.07) is 25.6. The van der Waals surface area contributed by atoms with Gasteiger partial charge in [-0.2, -0.15) is 0 Å². The van der Waals surface area contributed by atoms with Crippen LogP contribution in [-0.4, -0.2) is 43.8 Å². The van der Waals surface area contributed by atoms with E-state index in [2.05, 4.69) is 5.32 Å². The quantitative estimate of drug-likeness (QED) is 0.168. The minimum Gasteiger partial charge on any atom is -0.352 e. The molecule has 0 heterocycles. The van der Waals surface area contributed by atoms with E-state index in [1.807, 2.05) is 44.2 Å². The second kappa shape index (κ2) is 15.4. The summed E-state index contributed by atoms with van der Waals surface area (Å²) < 4.78 is 44.0. The molecular formula is C34H34Cl2FN3O4S. The molecule has 2 amide bonds. The number of nitrogens with zero attached hydrogens (tertiary/aromatic N) is 2. The molecule has 0 aliphatic carbocycles. The van der Waals surface area contributed by atoms with Crippen LogP contribution in [0.2, 0.25) is 10.0 Å². The molecule has 2 atom stereocenters. The number of anilines is 1. The highest BCUT2D eigenvalue weighted by molar-refractivity contribution is 7.92. The standard InChI is InChI=1S/C34H34Cl2FN3O4S/c1-3-24(2)38-34(42)32(20-25-12-6-4-7-13-25)39(22-26-14-10-11-17-30(26)37)33(41)23-40(31-21-27(35)18-19-29(31)36)45(43,44)28-15-8-5-9-16-28/h4-19,21,24,32H,3,20,22-23H2,1-2H3,(H,38,42)/t24-,32+/m0/s1. The lowest BCUT2D eigenvalue weighted by Crippen LogP contribution is -2.54. The van der Waals surface area contributed by atoms with Crippen molar-refractivity contribution in [1.29, 1.82) is 0 Å². The van der Waals surface area contributed by atoms with Crippen LogP contribution in [0, 0.1) is 5.82 Å². The lowest BCUT2D eigenvalue weighted by atomic mass is 10.0. The molecule has 0 saturated carbocycles. The summed E-state index contributed by atoms with van der Waals surface area (Å²) in [6.07, 6.45) is 0.744. The predicted molar refractivity (Wildman–Crippen MR) is 176 cm³/mol. The molecular weight excluding hydrogens is 636 g/mol. The second-order valence-corrected chi connectivity index (χ2v) is 13.3. The zero-order chi connectivity index (χ0) is 32.6. The molecule has 0 spiro atoms. The summed E-state index contributed by atoms with van der Waals surface area (Å²) in [5, 5.41) is 3.19. The smallest absolute Gasteiger partial charge is 0.264 e. The number of nitrogens with one attached hydrogen (secondary N) is 1. The van der Waals surface area contributed by atoms with E-state index in [1.165, 1.54) is 53.4 Å². The zero-order valence-electron chi connectivity index (χ0n) is 24.9. The van der Waals surface area contributed by atoms with Crippen LogP contribution in [0.3, 0.4) is 0 Å². The molecule has 4 aromatic rings. The maximum atomic E-state index is 15.0. The molecule has 4 rings (SSSR count). The molecule has 0 bridgehead atoms. The lowest BCUT2D eigenvalue weighted by Gasteiger charge is -2.34. The van der Waals surface area contributed by atoms with Crippen LogP contribution in [0.25, 0.3) is 0 Å². The first-order valence-electron chi connectivity index (χ1n) is 14.4. The number of sulfonamides is 1. The topological polar surface area (TPSA) is 86.8 Å². The van der Waals surface area contributed by atoms with Gasteiger partial charge in [-0.25, -0.2) is 12.8 Å². The van der Waals surface area contributed by atoms with E-state index < -0.39 is 40.2 Å². The van der Waals surface area contributed by atoms with Crippen LogP contribution < -0.4 is 9.62 Å². The van der Waals surface area contributed by atoms with E-state index >= 15 is 4.39 Å². The van der Waals surface area contributed by atoms with E-state index in [9.17, 15) is 18.0 Å². The third kappa shape index (κ3) is 8.63. The van der Waals surface area contributed by atoms with Gasteiger partial charge in [0.05, 0.1) is 15.6 Å². The maximum Gasteiger partial charge on any atom is 0.264 e. The van der Waals surface area contributed by atoms with Gasteiger partial charge in [0.2, 0.25) is 11.8 Å². The van der Waals surface area contributed by atoms with Gasteiger partial charge < -0.3 is 10.2 Å². The van der Waals surface area contributed by atoms with Crippen LogP contribution in [-0.2, 0) is 32.6 Å². The van der Waals surface area contributed by atoms with Gasteiger partial charge in [0.15, 0.2) is 0 Å². The summed E-state index contributed by atoms with van der Waals surface area (Å²) in [5.74, 6) is -1.76. The number of hydrogen-bond acceptors (Lipinski definition) is 4. The monoisotopic (exact) mass is 669 g/mol. The Morgan fingerprint density at radius 1 is 0.889 bits per heavy atom. The highest BCUT2D eigenvalue weighted by atomic mass is 35.5. The maximum absolute atomic E-state index is 15.0. The van der Waals surface area contributed by atoms with Gasteiger partial charge in [0, 0.05) is 29.6 Å². The number of halogens is 3. The minimum absolute atomic E-state index is 0.0177. The Kier molecular flexibility index (Phi) is 11.6. The second-order valence-electron chi connectivity index (χ2n) is 10.6. The zero-order valence-corrected chi connectivity index (χ0v) is 27.2. The number of hydrogen-bond donors (Lipinski definition) is 1. The van der Waals surface area contributed by atoms with E-state index in [4.69, 9.17) is 23.2 Å². The molecule has 236 valence electrons. The molecule has 0 aliphatic heterocycles. The average Bonchev–Trinajstić information content (AvgIpc) is 3.04. The highest BCUT2D eigenvalue weighted by Gasteiger charge is 2.36. The van der Waals surface area contributed by atoms with Crippen molar-refractivity contribution in [2.24, 2.45) is 0 Å². The fourth-order valence-electron chi connectivity index (χ4n) is 4.72. The third-order valence-electron chi connectivity index (χ3n) is 7.36. The van der Waals surface area contributed by atoms with Crippen LogP contribution in [0.1, 0.15) is 31.4 Å². The number of carbonyl (C=O) groups excluding carboxylic acids is 2. The number of rotatable bonds is 13. The summed E-state index contributed by atoms with van der Waals surface area (Å²) >= 11 is 12.7. The Bertz CT molecular complexity index is 1730. The van der Waals surface area contributed by atoms with E-state index in [0.717, 1.165) is 9.87 Å². The van der Waals surface area contributed by atoms with Crippen molar-refractivity contribution < 1.29 is 22.4 Å². The van der Waals surface area contributed by atoms with Gasteiger partial charge in [0.1, 0.15) is 18.4 Å². The molecule has 11 heteroatoms. The van der Waals surface area contributed by atoms with Crippen molar-refractivity contribution >= 4 is 50.7 Å². The first kappa shape index (κ1) is 34.0. The predicted octanol–water partition coefficient (Wildman–Crippen LogP) is 6.88. The molecule has 0 aromatic heterocycles. The van der Waals surface area contributed by atoms with Crippen molar-refractivity contribution in [1.82, 2.24) is 10.2 Å². The van der Waals surface area contributed by atoms with Crippen molar-refractivity contribution in [3.63, 3.8) is 0 Å². The molecule has 45 heavy (non-hydrogen) atoms. The van der Waals surface area contributed by atoms with Gasteiger partial charge in [0.25, 0.3) is 10.0 Å². The van der Waals surface area contributed by atoms with E-state index in [-0.39, 0.29) is 45.2 Å². The van der Waals surface area contributed by atoms with Gasteiger partial charge in [-0.05, 0) is 55.3 Å². The van der Waals surface area contributed by atoms with Crippen LogP contribution in [0.15, 0.2) is 108 Å². The summed E-state index contributed by atoms with van der Waals surface area (Å²) in [6.45, 7) is 2.73. The van der Waals surface area contributed by atoms with Gasteiger partial charge in [-0.1, -0.05) is 96.9 Å². The van der Waals surface area contributed by atoms with Crippen molar-refractivity contribution in [3.05, 3.63) is 130 Å². The molecule has 4 aromatic carbocycles. The first-order valence-corrected chi connectivity index (χ1v) is 16.6. The summed E-state index contributed by atoms with van der Waals surface area (Å²) in [7, 11) is -4.36. The third-order valence-corrected chi connectivity index (χ3v) is 9.69. The highest BCUT2D eigenvalue weighted by Crippen LogP contribution is 2.33. The van der Waals surface area contributed by atoms with Gasteiger partial charge >= 0.3 is 0 Å². The fourth-order valence-corrected chi connectivity index (χ4v) is 6.60. The first-order chi connectivity index (χ1) is 21.5. The normalized spacial score (nSPS) is 12.6. The van der Waals surface area contributed by atoms with Gasteiger partial charge in [-0.15, -0.1) is 0 Å². The molecule has 1 N–H and O–H groups in total. The molecule has 0 unspecified atom stereocenters. The van der Waals surface area contributed by atoms with Crippen LogP contribution in [0.4, 0.5) is 10.1 Å². The SMILES string of the molecule is CC[C@H](C)NC(=O)[C@@H](Cc1ccccc1)N(Cc1ccccc1F)C(=O)CN(c1cc(Cl)ccc1Cl)S(=O)(=O)c1ccccc1. The van der Waals surface area contributed by atoms with E-state index in [1.54, 1.807) is 24.3 Å². The minimum atomic E-state index is -4.36. The summed E-state index contributed by atoms with van der Waals surface area (Å²) in [5.41, 5.74) is 0.911. The number of amides is 2. The number of carbonyl (C=O) groups is 2. The Hall–Kier alpha value is -3.92. The van der Waals surface area contributed by atoms with Crippen LogP contribution >= 0.6 is 23.2 Å². The molecule has 0 saturated heterocycles. The van der Waals surface area contributed by atoms with E-state index in [0.29, 0.717) is 6.42 Å².